The van der Waals surface area contributed by atoms with E-state index in [1.54, 1.807) is 12.1 Å². The number of benzene rings is 2. The van der Waals surface area contributed by atoms with Crippen molar-refractivity contribution < 1.29 is 64.2 Å². The van der Waals surface area contributed by atoms with E-state index >= 15 is 0 Å². The molecule has 228 valence electrons. The van der Waals surface area contributed by atoms with Crippen molar-refractivity contribution in [1.29, 1.82) is 0 Å². The van der Waals surface area contributed by atoms with Crippen molar-refractivity contribution in [3.05, 3.63) is 52.7 Å². The van der Waals surface area contributed by atoms with Crippen molar-refractivity contribution in [3.8, 4) is 28.6 Å². The van der Waals surface area contributed by atoms with E-state index in [4.69, 9.17) is 23.4 Å². The Morgan fingerprint density at radius 2 is 1.52 bits per heavy atom. The maximum Gasteiger partial charge on any atom is 0.229 e. The summed E-state index contributed by atoms with van der Waals surface area (Å²) in [5.74, 6) is -0.236. The number of phenolic OH excluding ortho intramolecular Hbond substituents is 1. The van der Waals surface area contributed by atoms with E-state index in [1.807, 2.05) is 0 Å². The molecule has 8 N–H and O–H groups in total. The van der Waals surface area contributed by atoms with Crippen LogP contribution in [0, 0.1) is 0 Å². The summed E-state index contributed by atoms with van der Waals surface area (Å²) >= 11 is 0. The van der Waals surface area contributed by atoms with Crippen LogP contribution in [-0.2, 0) is 9.47 Å². The zero-order valence-electron chi connectivity index (χ0n) is 22.5. The lowest BCUT2D eigenvalue weighted by molar-refractivity contribution is -0.308. The number of hydrogen-bond acceptors (Lipinski definition) is 14. The Morgan fingerprint density at radius 1 is 0.857 bits per heavy atom. The Hall–Kier alpha value is -3.31. The van der Waals surface area contributed by atoms with Gasteiger partial charge < -0.3 is 64.2 Å². The molecule has 10 atom stereocenters. The van der Waals surface area contributed by atoms with Crippen molar-refractivity contribution in [3.63, 3.8) is 0 Å². The summed E-state index contributed by atoms with van der Waals surface area (Å²) in [5, 5.41) is 81.1. The number of phenols is 1. The van der Waals surface area contributed by atoms with Crippen LogP contribution >= 0.6 is 0 Å². The molecule has 1 aromatic heterocycles. The van der Waals surface area contributed by atoms with E-state index in [9.17, 15) is 45.6 Å². The van der Waals surface area contributed by atoms with Crippen molar-refractivity contribution >= 4 is 11.0 Å². The lowest BCUT2D eigenvalue weighted by Crippen LogP contribution is -2.66. The van der Waals surface area contributed by atoms with Crippen LogP contribution < -0.4 is 14.9 Å². The first kappa shape index (κ1) is 30.2. The predicted octanol–water partition coefficient (Wildman–Crippen LogP) is -1.06. The minimum atomic E-state index is -2.09. The highest BCUT2D eigenvalue weighted by Crippen LogP contribution is 2.35. The fourth-order valence-corrected chi connectivity index (χ4v) is 4.91. The van der Waals surface area contributed by atoms with Crippen molar-refractivity contribution in [2.24, 2.45) is 0 Å². The molecule has 0 aliphatic carbocycles. The molecule has 2 aromatic carbocycles. The Bertz CT molecular complexity index is 1470. The lowest BCUT2D eigenvalue weighted by atomic mass is 9.86. The number of hydrogen-bond donors (Lipinski definition) is 8. The van der Waals surface area contributed by atoms with E-state index in [2.05, 4.69) is 0 Å². The normalized spacial score (nSPS) is 35.2. The van der Waals surface area contributed by atoms with Crippen molar-refractivity contribution in [2.75, 3.05) is 6.61 Å². The molecule has 14 nitrogen and oxygen atoms in total. The molecule has 0 radical (unpaired) electrons. The van der Waals surface area contributed by atoms with Gasteiger partial charge in [-0.25, -0.2) is 0 Å². The van der Waals surface area contributed by atoms with Gasteiger partial charge in [0.05, 0.1) is 12.7 Å². The Morgan fingerprint density at radius 3 is 2.19 bits per heavy atom. The molecule has 14 heteroatoms. The number of ether oxygens (including phenoxy) is 4. The predicted molar refractivity (Wildman–Crippen MR) is 142 cm³/mol. The van der Waals surface area contributed by atoms with Crippen LogP contribution in [0.3, 0.4) is 0 Å². The minimum Gasteiger partial charge on any atom is -0.507 e. The average Bonchev–Trinajstić information content (AvgIpc) is 2.95. The molecule has 5 rings (SSSR count). The number of aliphatic hydroxyl groups is 7. The molecule has 2 aliphatic heterocycles. The number of aromatic hydroxyl groups is 1. The summed E-state index contributed by atoms with van der Waals surface area (Å²) < 4.78 is 27.9. The summed E-state index contributed by atoms with van der Waals surface area (Å²) in [5.41, 5.74) is -2.31. The molecule has 42 heavy (non-hydrogen) atoms. The topological polar surface area (TPSA) is 229 Å². The third-order valence-corrected chi connectivity index (χ3v) is 7.53. The maximum absolute atomic E-state index is 12.9. The largest absolute Gasteiger partial charge is 0.507 e. The molecule has 0 saturated carbocycles. The second-order valence-corrected chi connectivity index (χ2v) is 10.6. The molecular weight excluding hydrogens is 560 g/mol. The molecule has 0 amide bonds. The number of rotatable bonds is 6. The molecule has 6 unspecified atom stereocenters. The number of aliphatic hydroxyl groups excluding tert-OH is 6. The zero-order chi connectivity index (χ0) is 30.5. The Balaban J connectivity index is 1.39. The second kappa shape index (κ2) is 11.4. The fraction of sp³-hybridized carbons (Fsp3) is 0.464. The van der Waals surface area contributed by atoms with Gasteiger partial charge in [-0.3, -0.25) is 4.79 Å². The van der Waals surface area contributed by atoms with Crippen LogP contribution in [0.5, 0.6) is 17.2 Å². The van der Waals surface area contributed by atoms with E-state index in [-0.39, 0.29) is 28.2 Å². The van der Waals surface area contributed by atoms with Crippen LogP contribution in [-0.4, -0.2) is 108 Å². The van der Waals surface area contributed by atoms with Crippen LogP contribution in [0.4, 0.5) is 0 Å². The number of fused-ring (bicyclic) bond motifs is 1. The van der Waals surface area contributed by atoms with Crippen molar-refractivity contribution in [1.82, 2.24) is 0 Å². The van der Waals surface area contributed by atoms with Crippen LogP contribution in [0.25, 0.3) is 22.3 Å². The molecular formula is C28H32O14. The van der Waals surface area contributed by atoms with E-state index in [0.29, 0.717) is 5.56 Å². The SMILES string of the molecule is CC1O[C@@H](Oc2ccc(-c3cc(=O)c4c(O)cc(O[C@@H]5OC(CO)[C@@H](O)C(C)(O)C5O)cc4o3)cc2)C(O)C(O)[C@H]1O. The van der Waals surface area contributed by atoms with Gasteiger partial charge in [0, 0.05) is 23.8 Å². The van der Waals surface area contributed by atoms with E-state index in [0.717, 1.165) is 13.0 Å². The zero-order valence-corrected chi connectivity index (χ0v) is 22.5. The third-order valence-electron chi connectivity index (χ3n) is 7.53. The molecule has 2 aliphatic rings. The average molecular weight is 593 g/mol. The highest BCUT2D eigenvalue weighted by Gasteiger charge is 2.53. The van der Waals surface area contributed by atoms with Crippen LogP contribution in [0.2, 0.25) is 0 Å². The van der Waals surface area contributed by atoms with Gasteiger partial charge in [0.1, 0.15) is 76.2 Å². The van der Waals surface area contributed by atoms with Gasteiger partial charge in [-0.15, -0.1) is 0 Å². The summed E-state index contributed by atoms with van der Waals surface area (Å²) in [4.78, 5) is 12.9. The monoisotopic (exact) mass is 592 g/mol. The third kappa shape index (κ3) is 5.44. The van der Waals surface area contributed by atoms with Crippen molar-refractivity contribution in [2.45, 2.75) is 74.8 Å². The molecule has 2 saturated heterocycles. The molecule has 0 spiro atoms. The summed E-state index contributed by atoms with van der Waals surface area (Å²) in [6.07, 6.45) is -12.4. The van der Waals surface area contributed by atoms with Gasteiger partial charge in [0.15, 0.2) is 5.43 Å². The van der Waals surface area contributed by atoms with Crippen LogP contribution in [0.1, 0.15) is 13.8 Å². The van der Waals surface area contributed by atoms with Gasteiger partial charge >= 0.3 is 0 Å². The van der Waals surface area contributed by atoms with Crippen LogP contribution in [0.15, 0.2) is 51.7 Å². The first-order chi connectivity index (χ1) is 19.8. The highest BCUT2D eigenvalue weighted by molar-refractivity contribution is 5.86. The summed E-state index contributed by atoms with van der Waals surface area (Å²) in [6, 6.07) is 9.65. The van der Waals surface area contributed by atoms with Gasteiger partial charge in [-0.05, 0) is 38.1 Å². The molecule has 0 bridgehead atoms. The minimum absolute atomic E-state index is 0.0797. The second-order valence-electron chi connectivity index (χ2n) is 10.6. The fourth-order valence-electron chi connectivity index (χ4n) is 4.91. The van der Waals surface area contributed by atoms with Gasteiger partial charge in [0.25, 0.3) is 0 Å². The lowest BCUT2D eigenvalue weighted by Gasteiger charge is -2.45. The van der Waals surface area contributed by atoms with Gasteiger partial charge in [0.2, 0.25) is 12.6 Å². The van der Waals surface area contributed by atoms with Gasteiger partial charge in [-0.1, -0.05) is 0 Å². The first-order valence-corrected chi connectivity index (χ1v) is 13.1. The standard InChI is InChI=1S/C28H32O14/c1-11-21(32)22(33)23(34)26(38-11)39-13-5-3-12(4-6-13)17-9-16(31)20-15(30)7-14(8-18(20)41-17)40-27-25(36)28(2,37)24(35)19(10-29)42-27/h3-9,11,19,21-27,29-30,32-37H,10H2,1-2H3/t11?,19?,21-,22?,23?,24+,25?,26-,27+,28?/m0/s1. The first-order valence-electron chi connectivity index (χ1n) is 13.1. The Labute approximate surface area is 238 Å². The van der Waals surface area contributed by atoms with E-state index in [1.165, 1.54) is 31.2 Å². The smallest absolute Gasteiger partial charge is 0.229 e. The molecule has 3 heterocycles. The molecule has 3 aromatic rings. The quantitative estimate of drug-likeness (QED) is 0.171. The summed E-state index contributed by atoms with van der Waals surface area (Å²) in [7, 11) is 0. The van der Waals surface area contributed by atoms with E-state index < -0.39 is 78.7 Å². The highest BCUT2D eigenvalue weighted by atomic mass is 16.7. The summed E-state index contributed by atoms with van der Waals surface area (Å²) in [6.45, 7) is 2.01. The molecule has 2 fully saturated rings. The van der Waals surface area contributed by atoms with Gasteiger partial charge in [-0.2, -0.15) is 0 Å². The maximum atomic E-state index is 12.9. The Kier molecular flexibility index (Phi) is 8.19.